The highest BCUT2D eigenvalue weighted by Crippen LogP contribution is 2.37. The third-order valence-electron chi connectivity index (χ3n) is 7.26. The lowest BCUT2D eigenvalue weighted by molar-refractivity contribution is -0.160. The number of amides is 1. The molecule has 2 aromatic rings. The number of hydrogen-bond acceptors (Lipinski definition) is 8. The molecule has 4 rings (SSSR count). The van der Waals surface area contributed by atoms with Gasteiger partial charge in [0.25, 0.3) is 0 Å². The van der Waals surface area contributed by atoms with E-state index in [1.807, 2.05) is 0 Å². The van der Waals surface area contributed by atoms with Crippen LogP contribution in [0.2, 0.25) is 0 Å². The number of esters is 1. The van der Waals surface area contributed by atoms with Gasteiger partial charge in [0, 0.05) is 57.2 Å². The van der Waals surface area contributed by atoms with Crippen molar-refractivity contribution in [1.29, 1.82) is 0 Å². The lowest BCUT2D eigenvalue weighted by atomic mass is 10.0. The van der Waals surface area contributed by atoms with E-state index in [2.05, 4.69) is 15.1 Å². The molecule has 0 bridgehead atoms. The molecular formula is C27H30F6N6O3. The standard InChI is InChI=1S/C27H30F6N6O3/c1-4-21-9-22(15-38(21)23(40)24(41)42-5-2)39(25-34-10-17(11-35-25)18-12-36-37(3)14-18)13-16-6-19(26(28,29)30)8-20(7-16)27(31,32)33/h6-8,10-12,18,21-22H,4-5,9,13-15H2,1-3H3/t18?,21-,22+/m1/s1. The zero-order chi connectivity index (χ0) is 30.8. The topological polar surface area (TPSA) is 91.2 Å². The van der Waals surface area contributed by atoms with E-state index < -0.39 is 54.0 Å². The van der Waals surface area contributed by atoms with Crippen molar-refractivity contribution in [2.24, 2.45) is 5.10 Å². The third kappa shape index (κ3) is 6.93. The van der Waals surface area contributed by atoms with Crippen LogP contribution in [0.3, 0.4) is 0 Å². The first-order valence-corrected chi connectivity index (χ1v) is 13.3. The number of hydrazone groups is 1. The monoisotopic (exact) mass is 600 g/mol. The summed E-state index contributed by atoms with van der Waals surface area (Å²) in [6, 6.07) is 0.347. The number of likely N-dealkylation sites (tertiary alicyclic amines) is 1. The maximum absolute atomic E-state index is 13.6. The van der Waals surface area contributed by atoms with E-state index in [1.165, 1.54) is 22.2 Å². The zero-order valence-electron chi connectivity index (χ0n) is 23.1. The Morgan fingerprint density at radius 2 is 1.62 bits per heavy atom. The number of halogens is 6. The minimum absolute atomic E-state index is 0.0104. The summed E-state index contributed by atoms with van der Waals surface area (Å²) in [5.41, 5.74) is -2.42. The summed E-state index contributed by atoms with van der Waals surface area (Å²) in [5.74, 6) is -1.95. The van der Waals surface area contributed by atoms with E-state index in [4.69, 9.17) is 4.74 Å². The van der Waals surface area contributed by atoms with Crippen LogP contribution in [0.5, 0.6) is 0 Å². The van der Waals surface area contributed by atoms with Gasteiger partial charge in [-0.3, -0.25) is 9.80 Å². The normalized spacial score (nSPS) is 20.7. The second kappa shape index (κ2) is 12.1. The van der Waals surface area contributed by atoms with E-state index in [0.29, 0.717) is 25.1 Å². The fraction of sp³-hybridized carbons (Fsp3) is 0.519. The first-order valence-electron chi connectivity index (χ1n) is 13.3. The van der Waals surface area contributed by atoms with Crippen LogP contribution in [0.4, 0.5) is 32.3 Å². The molecule has 0 saturated carbocycles. The first kappa shape index (κ1) is 31.0. The van der Waals surface area contributed by atoms with Crippen molar-refractivity contribution in [2.45, 2.75) is 63.6 Å². The highest BCUT2D eigenvalue weighted by atomic mass is 19.4. The minimum atomic E-state index is -5.02. The van der Waals surface area contributed by atoms with E-state index in [1.54, 1.807) is 32.1 Å². The average molecular weight is 601 g/mol. The predicted molar refractivity (Wildman–Crippen MR) is 139 cm³/mol. The molecule has 0 spiro atoms. The highest BCUT2D eigenvalue weighted by Gasteiger charge is 2.42. The molecule has 0 N–H and O–H groups in total. The summed E-state index contributed by atoms with van der Waals surface area (Å²) in [6.45, 7) is 3.48. The molecule has 0 radical (unpaired) electrons. The number of anilines is 1. The van der Waals surface area contributed by atoms with Crippen LogP contribution in [0.25, 0.3) is 0 Å². The average Bonchev–Trinajstić information content (AvgIpc) is 3.57. The van der Waals surface area contributed by atoms with E-state index >= 15 is 0 Å². The molecule has 228 valence electrons. The molecule has 3 atom stereocenters. The van der Waals surface area contributed by atoms with Crippen LogP contribution in [-0.4, -0.2) is 76.8 Å². The first-order chi connectivity index (χ1) is 19.7. The lowest BCUT2D eigenvalue weighted by Gasteiger charge is -2.30. The quantitative estimate of drug-likeness (QED) is 0.263. The molecule has 3 heterocycles. The summed E-state index contributed by atoms with van der Waals surface area (Å²) in [4.78, 5) is 36.7. The molecule has 1 fully saturated rings. The Hall–Kier alpha value is -3.91. The maximum atomic E-state index is 13.6. The van der Waals surface area contributed by atoms with Crippen LogP contribution < -0.4 is 4.90 Å². The number of carbonyl (C=O) groups is 2. The molecule has 42 heavy (non-hydrogen) atoms. The number of ether oxygens (including phenoxy) is 1. The Labute approximate surface area is 238 Å². The van der Waals surface area contributed by atoms with Gasteiger partial charge in [-0.1, -0.05) is 6.92 Å². The van der Waals surface area contributed by atoms with Gasteiger partial charge < -0.3 is 14.5 Å². The summed E-state index contributed by atoms with van der Waals surface area (Å²) in [6.07, 6.45) is -4.52. The van der Waals surface area contributed by atoms with Crippen molar-refractivity contribution >= 4 is 24.0 Å². The molecule has 1 aromatic carbocycles. The fourth-order valence-electron chi connectivity index (χ4n) is 5.17. The fourth-order valence-corrected chi connectivity index (χ4v) is 5.17. The lowest BCUT2D eigenvalue weighted by Crippen LogP contribution is -2.43. The van der Waals surface area contributed by atoms with Gasteiger partial charge in [0.05, 0.1) is 23.8 Å². The number of hydrogen-bond donors (Lipinski definition) is 0. The number of nitrogens with zero attached hydrogens (tertiary/aromatic N) is 6. The summed E-state index contributed by atoms with van der Waals surface area (Å²) >= 11 is 0. The molecule has 1 amide bonds. The number of carbonyl (C=O) groups excluding carboxylic acids is 2. The van der Waals surface area contributed by atoms with Crippen molar-refractivity contribution < 1.29 is 40.7 Å². The highest BCUT2D eigenvalue weighted by molar-refractivity contribution is 6.32. The second-order valence-electron chi connectivity index (χ2n) is 10.2. The Balaban J connectivity index is 1.72. The van der Waals surface area contributed by atoms with Gasteiger partial charge in [0.2, 0.25) is 5.95 Å². The van der Waals surface area contributed by atoms with Crippen molar-refractivity contribution in [1.82, 2.24) is 19.9 Å². The second-order valence-corrected chi connectivity index (χ2v) is 10.2. The van der Waals surface area contributed by atoms with Crippen molar-refractivity contribution in [2.75, 3.05) is 31.6 Å². The van der Waals surface area contributed by atoms with Gasteiger partial charge in [0.1, 0.15) is 0 Å². The van der Waals surface area contributed by atoms with Crippen molar-refractivity contribution in [3.63, 3.8) is 0 Å². The minimum Gasteiger partial charge on any atom is -0.459 e. The summed E-state index contributed by atoms with van der Waals surface area (Å²) in [5, 5.41) is 5.91. The van der Waals surface area contributed by atoms with Gasteiger partial charge in [-0.15, -0.1) is 0 Å². The molecule has 2 aliphatic rings. The van der Waals surface area contributed by atoms with Gasteiger partial charge in [-0.05, 0) is 49.1 Å². The maximum Gasteiger partial charge on any atom is 0.416 e. The predicted octanol–water partition coefficient (Wildman–Crippen LogP) is 4.48. The van der Waals surface area contributed by atoms with E-state index in [0.717, 1.165) is 5.56 Å². The van der Waals surface area contributed by atoms with Crippen LogP contribution in [-0.2, 0) is 33.2 Å². The number of benzene rings is 1. The number of aromatic nitrogens is 2. The van der Waals surface area contributed by atoms with Crippen LogP contribution in [0.15, 0.2) is 35.7 Å². The van der Waals surface area contributed by atoms with Gasteiger partial charge >= 0.3 is 24.2 Å². The summed E-state index contributed by atoms with van der Waals surface area (Å²) in [7, 11) is 1.80. The van der Waals surface area contributed by atoms with Crippen LogP contribution in [0, 0.1) is 0 Å². The van der Waals surface area contributed by atoms with Crippen molar-refractivity contribution in [3.8, 4) is 0 Å². The zero-order valence-corrected chi connectivity index (χ0v) is 23.1. The number of rotatable bonds is 7. The van der Waals surface area contributed by atoms with Crippen molar-refractivity contribution in [3.05, 3.63) is 52.8 Å². The third-order valence-corrected chi connectivity index (χ3v) is 7.26. The molecule has 1 aromatic heterocycles. The largest absolute Gasteiger partial charge is 0.459 e. The van der Waals surface area contributed by atoms with Gasteiger partial charge in [-0.2, -0.15) is 31.4 Å². The smallest absolute Gasteiger partial charge is 0.416 e. The molecule has 0 aliphatic carbocycles. The summed E-state index contributed by atoms with van der Waals surface area (Å²) < 4.78 is 86.4. The SMILES string of the molecule is CCOC(=O)C(=O)N1C[C@@H](N(Cc2cc(C(F)(F)F)cc(C(F)(F)F)c2)c2ncc(C3C=NN(C)C3)cn2)C[C@H]1CC. The van der Waals surface area contributed by atoms with Gasteiger partial charge in [0.15, 0.2) is 0 Å². The van der Waals surface area contributed by atoms with Crippen LogP contribution >= 0.6 is 0 Å². The molecule has 15 heteroatoms. The van der Waals surface area contributed by atoms with Crippen LogP contribution in [0.1, 0.15) is 54.9 Å². The Morgan fingerprint density at radius 1 is 1.00 bits per heavy atom. The van der Waals surface area contributed by atoms with E-state index in [-0.39, 0.29) is 43.1 Å². The molecule has 2 aliphatic heterocycles. The Kier molecular flexibility index (Phi) is 8.97. The molecule has 1 unspecified atom stereocenters. The Morgan fingerprint density at radius 3 is 2.12 bits per heavy atom. The van der Waals surface area contributed by atoms with E-state index in [9.17, 15) is 35.9 Å². The van der Waals surface area contributed by atoms with Gasteiger partial charge in [-0.25, -0.2) is 14.8 Å². The number of alkyl halides is 6. The molecule has 9 nitrogen and oxygen atoms in total. The Bertz CT molecular complexity index is 1280. The molecular weight excluding hydrogens is 570 g/mol. The number of likely N-dealkylation sites (N-methyl/N-ethyl adjacent to an activating group) is 1. The molecule has 1 saturated heterocycles.